The first-order chi connectivity index (χ1) is 9.70. The third-order valence-corrected chi connectivity index (χ3v) is 4.90. The molecule has 0 aliphatic carbocycles. The maximum absolute atomic E-state index is 6.08. The highest BCUT2D eigenvalue weighted by molar-refractivity contribution is 5.81. The molecule has 0 spiro atoms. The van der Waals surface area contributed by atoms with Crippen molar-refractivity contribution in [1.29, 1.82) is 0 Å². The minimum Gasteiger partial charge on any atom is -0.464 e. The number of para-hydroxylation sites is 1. The molecular weight excluding hydrogens is 248 g/mol. The van der Waals surface area contributed by atoms with Gasteiger partial charge in [0.15, 0.2) is 0 Å². The van der Waals surface area contributed by atoms with E-state index in [-0.39, 0.29) is 6.04 Å². The van der Waals surface area contributed by atoms with E-state index in [9.17, 15) is 0 Å². The number of hydrogen-bond donors (Lipinski definition) is 1. The minimum atomic E-state index is 0.272. The lowest BCUT2D eigenvalue weighted by Gasteiger charge is -2.39. The fraction of sp³-hybridized carbons (Fsp3) is 0.529. The van der Waals surface area contributed by atoms with Crippen LogP contribution >= 0.6 is 0 Å². The molecule has 1 aliphatic heterocycles. The van der Waals surface area contributed by atoms with E-state index in [0.717, 1.165) is 30.5 Å². The Morgan fingerprint density at radius 1 is 1.30 bits per heavy atom. The third kappa shape index (κ3) is 2.36. The number of fused-ring (bicyclic) bond motifs is 1. The van der Waals surface area contributed by atoms with Crippen LogP contribution < -0.4 is 5.73 Å². The molecule has 3 unspecified atom stereocenters. The van der Waals surface area contributed by atoms with Crippen LogP contribution in [0.1, 0.15) is 31.9 Å². The first-order valence-electron chi connectivity index (χ1n) is 7.61. The Balaban J connectivity index is 1.90. The monoisotopic (exact) mass is 272 g/mol. The quantitative estimate of drug-likeness (QED) is 0.931. The number of furan rings is 1. The molecule has 0 bridgehead atoms. The summed E-state index contributed by atoms with van der Waals surface area (Å²) in [5.41, 5.74) is 8.28. The van der Waals surface area contributed by atoms with Gasteiger partial charge in [-0.2, -0.15) is 0 Å². The lowest BCUT2D eigenvalue weighted by molar-refractivity contribution is 0.0985. The van der Waals surface area contributed by atoms with Crippen molar-refractivity contribution in [3.05, 3.63) is 36.1 Å². The average Bonchev–Trinajstić information content (AvgIpc) is 2.88. The summed E-state index contributed by atoms with van der Waals surface area (Å²) in [7, 11) is 0. The van der Waals surface area contributed by atoms with Crippen LogP contribution in [0.15, 0.2) is 34.9 Å². The Hall–Kier alpha value is -1.32. The van der Waals surface area contributed by atoms with Gasteiger partial charge in [-0.05, 0) is 30.9 Å². The predicted molar refractivity (Wildman–Crippen MR) is 82.5 cm³/mol. The van der Waals surface area contributed by atoms with Gasteiger partial charge in [0.1, 0.15) is 5.58 Å². The second-order valence-corrected chi connectivity index (χ2v) is 6.18. The Bertz CT molecular complexity index is 577. The molecular formula is C17H24N2O. The molecule has 1 aromatic carbocycles. The normalized spacial score (nSPS) is 25.9. The first-order valence-corrected chi connectivity index (χ1v) is 7.61. The molecule has 1 aliphatic rings. The van der Waals surface area contributed by atoms with Gasteiger partial charge in [-0.15, -0.1) is 0 Å². The smallest absolute Gasteiger partial charge is 0.134 e. The van der Waals surface area contributed by atoms with Crippen molar-refractivity contribution >= 4 is 11.0 Å². The van der Waals surface area contributed by atoms with Gasteiger partial charge in [-0.1, -0.05) is 32.0 Å². The van der Waals surface area contributed by atoms with Crippen molar-refractivity contribution in [3.8, 4) is 0 Å². The molecule has 3 nitrogen and oxygen atoms in total. The standard InChI is InChI=1S/C17H24N2O/c1-12-7-8-19(10-13(12)2)16(9-18)15-11-20-17-6-4-3-5-14(15)17/h3-6,11-13,16H,7-10,18H2,1-2H3. The maximum atomic E-state index is 6.08. The summed E-state index contributed by atoms with van der Waals surface area (Å²) in [5, 5.41) is 1.20. The first kappa shape index (κ1) is 13.7. The number of piperidine rings is 1. The topological polar surface area (TPSA) is 42.4 Å². The van der Waals surface area contributed by atoms with Crippen LogP contribution in [0.2, 0.25) is 0 Å². The summed E-state index contributed by atoms with van der Waals surface area (Å²) in [6.07, 6.45) is 3.15. The number of benzene rings is 1. The molecule has 3 atom stereocenters. The molecule has 1 saturated heterocycles. The van der Waals surface area contributed by atoms with E-state index in [4.69, 9.17) is 10.2 Å². The molecule has 3 rings (SSSR count). The summed E-state index contributed by atoms with van der Waals surface area (Å²) in [4.78, 5) is 2.53. The van der Waals surface area contributed by atoms with E-state index in [1.165, 1.54) is 17.4 Å². The van der Waals surface area contributed by atoms with E-state index in [2.05, 4.69) is 30.9 Å². The van der Waals surface area contributed by atoms with Crippen LogP contribution in [-0.2, 0) is 0 Å². The van der Waals surface area contributed by atoms with E-state index >= 15 is 0 Å². The van der Waals surface area contributed by atoms with Gasteiger partial charge in [0.2, 0.25) is 0 Å². The molecule has 1 aromatic heterocycles. The maximum Gasteiger partial charge on any atom is 0.134 e. The van der Waals surface area contributed by atoms with Crippen molar-refractivity contribution in [2.24, 2.45) is 17.6 Å². The van der Waals surface area contributed by atoms with Crippen LogP contribution in [-0.4, -0.2) is 24.5 Å². The van der Waals surface area contributed by atoms with Gasteiger partial charge >= 0.3 is 0 Å². The van der Waals surface area contributed by atoms with Gasteiger partial charge in [-0.25, -0.2) is 0 Å². The number of rotatable bonds is 3. The molecule has 1 fully saturated rings. The summed E-state index contributed by atoms with van der Waals surface area (Å²) < 4.78 is 5.69. The number of nitrogens with two attached hydrogens (primary N) is 1. The lowest BCUT2D eigenvalue weighted by atomic mass is 9.87. The van der Waals surface area contributed by atoms with E-state index in [0.29, 0.717) is 6.54 Å². The van der Waals surface area contributed by atoms with Crippen molar-refractivity contribution in [2.75, 3.05) is 19.6 Å². The zero-order valence-corrected chi connectivity index (χ0v) is 12.4. The highest BCUT2D eigenvalue weighted by Gasteiger charge is 2.29. The molecule has 0 saturated carbocycles. The van der Waals surface area contributed by atoms with Gasteiger partial charge in [-0.3, -0.25) is 4.90 Å². The Morgan fingerprint density at radius 2 is 2.10 bits per heavy atom. The van der Waals surface area contributed by atoms with Crippen LogP contribution in [0, 0.1) is 11.8 Å². The highest BCUT2D eigenvalue weighted by atomic mass is 16.3. The zero-order valence-electron chi connectivity index (χ0n) is 12.4. The fourth-order valence-electron chi connectivity index (χ4n) is 3.31. The summed E-state index contributed by atoms with van der Waals surface area (Å²) in [6.45, 7) is 7.60. The Labute approximate surface area is 120 Å². The molecule has 0 radical (unpaired) electrons. The third-order valence-electron chi connectivity index (χ3n) is 4.90. The van der Waals surface area contributed by atoms with Gasteiger partial charge in [0.25, 0.3) is 0 Å². The van der Waals surface area contributed by atoms with E-state index in [1.807, 2.05) is 18.4 Å². The lowest BCUT2D eigenvalue weighted by Crippen LogP contribution is -2.43. The molecule has 20 heavy (non-hydrogen) atoms. The second-order valence-electron chi connectivity index (χ2n) is 6.18. The van der Waals surface area contributed by atoms with Crippen LogP contribution in [0.4, 0.5) is 0 Å². The molecule has 2 heterocycles. The average molecular weight is 272 g/mol. The molecule has 2 N–H and O–H groups in total. The molecule has 108 valence electrons. The summed E-state index contributed by atoms with van der Waals surface area (Å²) in [6, 6.07) is 8.50. The Kier molecular flexibility index (Phi) is 3.81. The van der Waals surface area contributed by atoms with Crippen LogP contribution in [0.25, 0.3) is 11.0 Å². The highest BCUT2D eigenvalue weighted by Crippen LogP contribution is 2.33. The summed E-state index contributed by atoms with van der Waals surface area (Å²) >= 11 is 0. The van der Waals surface area contributed by atoms with Crippen molar-refractivity contribution < 1.29 is 4.42 Å². The number of hydrogen-bond acceptors (Lipinski definition) is 3. The van der Waals surface area contributed by atoms with E-state index in [1.54, 1.807) is 0 Å². The SMILES string of the molecule is CC1CCN(C(CN)c2coc3ccccc23)CC1C. The van der Waals surface area contributed by atoms with Gasteiger partial charge in [0.05, 0.1) is 12.3 Å². The Morgan fingerprint density at radius 3 is 2.85 bits per heavy atom. The summed E-state index contributed by atoms with van der Waals surface area (Å²) in [5.74, 6) is 1.54. The second kappa shape index (κ2) is 5.58. The molecule has 0 amide bonds. The van der Waals surface area contributed by atoms with Crippen molar-refractivity contribution in [1.82, 2.24) is 4.90 Å². The number of likely N-dealkylation sites (tertiary alicyclic amines) is 1. The van der Waals surface area contributed by atoms with E-state index < -0.39 is 0 Å². The fourth-order valence-corrected chi connectivity index (χ4v) is 3.31. The molecule has 2 aromatic rings. The predicted octanol–water partition coefficient (Wildman–Crippen LogP) is 3.41. The number of nitrogens with zero attached hydrogens (tertiary/aromatic N) is 1. The van der Waals surface area contributed by atoms with Crippen LogP contribution in [0.3, 0.4) is 0 Å². The minimum absolute atomic E-state index is 0.272. The van der Waals surface area contributed by atoms with Crippen molar-refractivity contribution in [3.63, 3.8) is 0 Å². The zero-order chi connectivity index (χ0) is 14.1. The van der Waals surface area contributed by atoms with Gasteiger partial charge < -0.3 is 10.2 Å². The largest absolute Gasteiger partial charge is 0.464 e. The molecule has 3 heteroatoms. The van der Waals surface area contributed by atoms with Crippen LogP contribution in [0.5, 0.6) is 0 Å². The van der Waals surface area contributed by atoms with Gasteiger partial charge in [0, 0.05) is 24.0 Å². The van der Waals surface area contributed by atoms with Crippen molar-refractivity contribution in [2.45, 2.75) is 26.3 Å².